The van der Waals surface area contributed by atoms with Gasteiger partial charge < -0.3 is 4.74 Å². The van der Waals surface area contributed by atoms with Gasteiger partial charge in [0.25, 0.3) is 0 Å². The molecule has 2 unspecified atom stereocenters. The van der Waals surface area contributed by atoms with Crippen LogP contribution in [-0.2, 0) is 11.2 Å². The third-order valence-electron chi connectivity index (χ3n) is 5.19. The van der Waals surface area contributed by atoms with Gasteiger partial charge in [0.15, 0.2) is 0 Å². The van der Waals surface area contributed by atoms with Gasteiger partial charge in [0.2, 0.25) is 0 Å². The number of morpholine rings is 1. The Morgan fingerprint density at radius 2 is 1.91 bits per heavy atom. The smallest absolute Gasteiger partial charge is 0.0658 e. The quantitative estimate of drug-likeness (QED) is 0.726. The maximum Gasteiger partial charge on any atom is 0.0658 e. The predicted molar refractivity (Wildman–Crippen MR) is 93.0 cm³/mol. The van der Waals surface area contributed by atoms with E-state index in [0.717, 1.165) is 19.6 Å². The van der Waals surface area contributed by atoms with Gasteiger partial charge in [-0.15, -0.1) is 0 Å². The molecule has 2 aliphatic rings. The highest BCUT2D eigenvalue weighted by atomic mass is 16.5. The van der Waals surface area contributed by atoms with Crippen molar-refractivity contribution in [3.05, 3.63) is 41.5 Å². The molecule has 2 heteroatoms. The van der Waals surface area contributed by atoms with Gasteiger partial charge >= 0.3 is 0 Å². The maximum atomic E-state index is 5.69. The van der Waals surface area contributed by atoms with Crippen LogP contribution in [-0.4, -0.2) is 37.2 Å². The van der Waals surface area contributed by atoms with E-state index in [0.29, 0.717) is 12.1 Å². The zero-order chi connectivity index (χ0) is 15.4. The van der Waals surface area contributed by atoms with Crippen LogP contribution in [0.2, 0.25) is 0 Å². The molecule has 0 aliphatic carbocycles. The van der Waals surface area contributed by atoms with E-state index in [1.165, 1.54) is 48.8 Å². The molecule has 120 valence electrons. The van der Waals surface area contributed by atoms with Crippen molar-refractivity contribution in [3.8, 4) is 0 Å². The lowest BCUT2D eigenvalue weighted by molar-refractivity contribution is -0.0221. The van der Waals surface area contributed by atoms with Gasteiger partial charge in [0.05, 0.1) is 19.3 Å². The lowest BCUT2D eigenvalue weighted by Crippen LogP contribution is -2.51. The van der Waals surface area contributed by atoms with Gasteiger partial charge in [-0.25, -0.2) is 0 Å². The van der Waals surface area contributed by atoms with Crippen molar-refractivity contribution < 1.29 is 4.74 Å². The van der Waals surface area contributed by atoms with E-state index in [1.807, 2.05) is 0 Å². The molecule has 2 nitrogen and oxygen atoms in total. The van der Waals surface area contributed by atoms with Crippen molar-refractivity contribution in [1.82, 2.24) is 4.90 Å². The van der Waals surface area contributed by atoms with Crippen LogP contribution in [0.15, 0.2) is 30.3 Å². The van der Waals surface area contributed by atoms with Crippen LogP contribution in [0, 0.1) is 0 Å². The van der Waals surface area contributed by atoms with Crippen molar-refractivity contribution in [2.45, 2.75) is 57.5 Å². The number of ether oxygens (including phenoxy) is 1. The van der Waals surface area contributed by atoms with Crippen LogP contribution in [0.1, 0.15) is 50.2 Å². The second kappa shape index (κ2) is 7.43. The highest BCUT2D eigenvalue weighted by Crippen LogP contribution is 2.31. The summed E-state index contributed by atoms with van der Waals surface area (Å²) in [5.41, 5.74) is 4.40. The van der Waals surface area contributed by atoms with Crippen molar-refractivity contribution in [1.29, 1.82) is 0 Å². The third-order valence-corrected chi connectivity index (χ3v) is 5.19. The summed E-state index contributed by atoms with van der Waals surface area (Å²) in [6.45, 7) is 3.98. The second-order valence-electron chi connectivity index (χ2n) is 6.83. The highest BCUT2D eigenvalue weighted by Gasteiger charge is 2.32. The molecule has 0 amide bonds. The van der Waals surface area contributed by atoms with Gasteiger partial charge in [0, 0.05) is 6.04 Å². The number of aryl methyl sites for hydroxylation is 1. The number of hydrogen-bond acceptors (Lipinski definition) is 2. The molecule has 2 aliphatic heterocycles. The summed E-state index contributed by atoms with van der Waals surface area (Å²) in [5.74, 6) is 0. The summed E-state index contributed by atoms with van der Waals surface area (Å²) < 4.78 is 5.69. The van der Waals surface area contributed by atoms with Crippen molar-refractivity contribution in [2.75, 3.05) is 20.3 Å². The Labute approximate surface area is 135 Å². The maximum absolute atomic E-state index is 5.69. The summed E-state index contributed by atoms with van der Waals surface area (Å²) in [5, 5.41) is 0. The van der Waals surface area contributed by atoms with Gasteiger partial charge in [-0.1, -0.05) is 56.5 Å². The molecule has 1 fully saturated rings. The third kappa shape index (κ3) is 3.61. The normalized spacial score (nSPS) is 25.1. The van der Waals surface area contributed by atoms with E-state index in [1.54, 1.807) is 0 Å². The minimum absolute atomic E-state index is 0.455. The van der Waals surface area contributed by atoms with Gasteiger partial charge in [0.1, 0.15) is 0 Å². The first-order valence-corrected chi connectivity index (χ1v) is 8.87. The molecule has 0 saturated carbocycles. The van der Waals surface area contributed by atoms with Gasteiger partial charge in [-0.2, -0.15) is 0 Å². The number of unbranched alkanes of at least 4 members (excludes halogenated alkanes) is 3. The Morgan fingerprint density at radius 1 is 1.09 bits per heavy atom. The molecule has 2 atom stereocenters. The largest absolute Gasteiger partial charge is 0.378 e. The highest BCUT2D eigenvalue weighted by molar-refractivity contribution is 5.68. The first-order chi connectivity index (χ1) is 10.8. The van der Waals surface area contributed by atoms with E-state index in [9.17, 15) is 0 Å². The van der Waals surface area contributed by atoms with Crippen LogP contribution < -0.4 is 0 Å². The lowest BCUT2D eigenvalue weighted by Gasteiger charge is -2.42. The van der Waals surface area contributed by atoms with E-state index >= 15 is 0 Å². The van der Waals surface area contributed by atoms with Crippen LogP contribution in [0.25, 0.3) is 5.57 Å². The number of hydrogen-bond donors (Lipinski definition) is 0. The summed E-state index contributed by atoms with van der Waals surface area (Å²) in [7, 11) is 2.23. The molecule has 3 rings (SSSR count). The van der Waals surface area contributed by atoms with Crippen LogP contribution in [0.5, 0.6) is 0 Å². The van der Waals surface area contributed by atoms with Gasteiger partial charge in [-0.3, -0.25) is 4.90 Å². The fraction of sp³-hybridized carbons (Fsp3) is 0.600. The average molecular weight is 299 g/mol. The number of benzene rings is 1. The molecule has 0 spiro atoms. The summed E-state index contributed by atoms with van der Waals surface area (Å²) in [4.78, 5) is 2.47. The Hall–Kier alpha value is -1.12. The summed E-state index contributed by atoms with van der Waals surface area (Å²) >= 11 is 0. The fourth-order valence-corrected chi connectivity index (χ4v) is 3.61. The lowest BCUT2D eigenvalue weighted by atomic mass is 9.89. The van der Waals surface area contributed by atoms with E-state index in [-0.39, 0.29) is 0 Å². The Balaban J connectivity index is 1.63. The zero-order valence-electron chi connectivity index (χ0n) is 14.1. The van der Waals surface area contributed by atoms with Crippen molar-refractivity contribution in [2.24, 2.45) is 0 Å². The molecule has 0 N–H and O–H groups in total. The van der Waals surface area contributed by atoms with E-state index < -0.39 is 0 Å². The first-order valence-electron chi connectivity index (χ1n) is 8.87. The Bertz CT molecular complexity index is 505. The monoisotopic (exact) mass is 299 g/mol. The molecular weight excluding hydrogens is 270 g/mol. The first kappa shape index (κ1) is 15.8. The topological polar surface area (TPSA) is 12.5 Å². The minimum atomic E-state index is 0.455. The Morgan fingerprint density at radius 3 is 2.64 bits per heavy atom. The molecule has 1 aromatic rings. The van der Waals surface area contributed by atoms with E-state index in [4.69, 9.17) is 4.74 Å². The second-order valence-corrected chi connectivity index (χ2v) is 6.83. The van der Waals surface area contributed by atoms with Crippen LogP contribution in [0.3, 0.4) is 0 Å². The van der Waals surface area contributed by atoms with Crippen molar-refractivity contribution in [3.63, 3.8) is 0 Å². The molecule has 1 saturated heterocycles. The molecule has 2 bridgehead atoms. The number of fused-ring (bicyclic) bond motifs is 2. The predicted octanol–water partition coefficient (Wildman–Crippen LogP) is 4.30. The van der Waals surface area contributed by atoms with Crippen LogP contribution >= 0.6 is 0 Å². The SMILES string of the molecule is CCCCCCc1ccc(C2=CC3COCC(C2)N3C)cc1. The number of rotatable bonds is 6. The van der Waals surface area contributed by atoms with E-state index in [2.05, 4.69) is 49.2 Å². The zero-order valence-corrected chi connectivity index (χ0v) is 14.1. The summed E-state index contributed by atoms with van der Waals surface area (Å²) in [6.07, 6.45) is 10.1. The molecule has 22 heavy (non-hydrogen) atoms. The molecule has 2 heterocycles. The molecule has 0 radical (unpaired) electrons. The number of likely N-dealkylation sites (N-methyl/N-ethyl adjacent to an activating group) is 1. The fourth-order valence-electron chi connectivity index (χ4n) is 3.61. The van der Waals surface area contributed by atoms with Crippen LogP contribution in [0.4, 0.5) is 0 Å². The average Bonchev–Trinajstić information content (AvgIpc) is 2.52. The van der Waals surface area contributed by atoms with Crippen molar-refractivity contribution >= 4 is 5.57 Å². The molecule has 0 aromatic heterocycles. The summed E-state index contributed by atoms with van der Waals surface area (Å²) in [6, 6.07) is 10.3. The number of nitrogens with zero attached hydrogens (tertiary/aromatic N) is 1. The Kier molecular flexibility index (Phi) is 5.32. The minimum Gasteiger partial charge on any atom is -0.378 e. The molecule has 1 aromatic carbocycles. The standard InChI is InChI=1S/C20H29NO/c1-3-4-5-6-7-16-8-10-17(11-9-16)18-12-19-14-22-15-20(13-18)21(19)2/h8-12,19-20H,3-7,13-15H2,1-2H3. The molecular formula is C20H29NO. The van der Waals surface area contributed by atoms with Gasteiger partial charge in [-0.05, 0) is 43.0 Å².